The van der Waals surface area contributed by atoms with Crippen molar-refractivity contribution in [2.75, 3.05) is 0 Å². The van der Waals surface area contributed by atoms with Gasteiger partial charge in [0.2, 0.25) is 11.3 Å². The third-order valence-corrected chi connectivity index (χ3v) is 1.55. The van der Waals surface area contributed by atoms with Crippen LogP contribution < -0.4 is 0 Å². The molecule has 0 saturated heterocycles. The van der Waals surface area contributed by atoms with Gasteiger partial charge < -0.3 is 0 Å². The van der Waals surface area contributed by atoms with Crippen LogP contribution in [0.1, 0.15) is 26.2 Å². The lowest BCUT2D eigenvalue weighted by Gasteiger charge is -2.01. The summed E-state index contributed by atoms with van der Waals surface area (Å²) in [6.07, 6.45) is 3.66. The number of aliphatic imine (C=N–C) groups is 1. The van der Waals surface area contributed by atoms with Crippen molar-refractivity contribution in [2.45, 2.75) is 32.2 Å². The highest BCUT2D eigenvalue weighted by molar-refractivity contribution is 6.64. The molecule has 0 saturated carbocycles. The minimum absolute atomic E-state index is 0.536. The van der Waals surface area contributed by atoms with Gasteiger partial charge in [-0.05, 0) is 18.0 Å². The highest BCUT2D eigenvalue weighted by Gasteiger charge is 2.13. The SMILES string of the molecule is CCCCC(N=C=O)C(=O)Cl. The van der Waals surface area contributed by atoms with E-state index < -0.39 is 11.3 Å². The number of isocyanates is 1. The first-order valence-electron chi connectivity index (χ1n) is 3.48. The summed E-state index contributed by atoms with van der Waals surface area (Å²) >= 11 is 5.15. The molecule has 3 nitrogen and oxygen atoms in total. The predicted molar refractivity (Wildman–Crippen MR) is 42.3 cm³/mol. The number of carbonyl (C=O) groups is 1. The molecule has 62 valence electrons. The van der Waals surface area contributed by atoms with Crippen molar-refractivity contribution < 1.29 is 9.59 Å². The Morgan fingerprint density at radius 2 is 2.36 bits per heavy atom. The van der Waals surface area contributed by atoms with Crippen molar-refractivity contribution in [1.82, 2.24) is 0 Å². The number of unbranched alkanes of at least 4 members (excludes halogenated alkanes) is 1. The molecule has 0 fully saturated rings. The first-order chi connectivity index (χ1) is 5.22. The first kappa shape index (κ1) is 10.3. The Bertz CT molecular complexity index is 173. The van der Waals surface area contributed by atoms with E-state index in [-0.39, 0.29) is 0 Å². The molecule has 1 atom stereocenters. The molecule has 0 aromatic rings. The number of hydrogen-bond donors (Lipinski definition) is 0. The van der Waals surface area contributed by atoms with Gasteiger partial charge >= 0.3 is 0 Å². The van der Waals surface area contributed by atoms with Crippen molar-refractivity contribution in [2.24, 2.45) is 4.99 Å². The molecule has 0 aliphatic carbocycles. The zero-order valence-electron chi connectivity index (χ0n) is 6.34. The van der Waals surface area contributed by atoms with E-state index >= 15 is 0 Å². The standard InChI is InChI=1S/C7H10ClNO2/c1-2-3-4-6(7(8)11)9-5-10/h6H,2-4H2,1H3. The Kier molecular flexibility index (Phi) is 5.71. The van der Waals surface area contributed by atoms with E-state index in [1.165, 1.54) is 6.08 Å². The van der Waals surface area contributed by atoms with E-state index in [0.29, 0.717) is 6.42 Å². The van der Waals surface area contributed by atoms with Gasteiger partial charge in [0.25, 0.3) is 0 Å². The lowest BCUT2D eigenvalue weighted by molar-refractivity contribution is -0.112. The number of rotatable bonds is 5. The van der Waals surface area contributed by atoms with E-state index in [1.807, 2.05) is 6.92 Å². The van der Waals surface area contributed by atoms with Crippen molar-refractivity contribution >= 4 is 22.9 Å². The first-order valence-corrected chi connectivity index (χ1v) is 3.86. The molecule has 0 aromatic heterocycles. The Balaban J connectivity index is 3.89. The fourth-order valence-corrected chi connectivity index (χ4v) is 0.848. The molecule has 4 heteroatoms. The minimum Gasteiger partial charge on any atom is -0.279 e. The lowest BCUT2D eigenvalue weighted by atomic mass is 10.1. The minimum atomic E-state index is -0.686. The number of hydrogen-bond acceptors (Lipinski definition) is 3. The zero-order chi connectivity index (χ0) is 8.69. The van der Waals surface area contributed by atoms with Gasteiger partial charge in [0, 0.05) is 0 Å². The van der Waals surface area contributed by atoms with E-state index in [0.717, 1.165) is 12.8 Å². The molecule has 0 aromatic carbocycles. The highest BCUT2D eigenvalue weighted by atomic mass is 35.5. The van der Waals surface area contributed by atoms with Gasteiger partial charge in [0.05, 0.1) is 0 Å². The second-order valence-corrected chi connectivity index (χ2v) is 2.56. The Labute approximate surface area is 70.5 Å². The van der Waals surface area contributed by atoms with Crippen LogP contribution in [0, 0.1) is 0 Å². The Morgan fingerprint density at radius 1 is 1.73 bits per heavy atom. The quantitative estimate of drug-likeness (QED) is 0.362. The van der Waals surface area contributed by atoms with E-state index in [1.54, 1.807) is 0 Å². The highest BCUT2D eigenvalue weighted by Crippen LogP contribution is 2.06. The topological polar surface area (TPSA) is 46.5 Å². The number of nitrogens with zero attached hydrogens (tertiary/aromatic N) is 1. The molecule has 0 aliphatic rings. The van der Waals surface area contributed by atoms with Crippen LogP contribution in [0.2, 0.25) is 0 Å². The zero-order valence-corrected chi connectivity index (χ0v) is 7.10. The molecule has 0 amide bonds. The normalized spacial score (nSPS) is 11.8. The molecule has 0 bridgehead atoms. The van der Waals surface area contributed by atoms with E-state index in [2.05, 4.69) is 4.99 Å². The number of carbonyl (C=O) groups excluding carboxylic acids is 2. The van der Waals surface area contributed by atoms with Gasteiger partial charge in [0.1, 0.15) is 6.04 Å². The molecule has 0 N–H and O–H groups in total. The maximum atomic E-state index is 10.5. The third kappa shape index (κ3) is 4.71. The molecule has 0 rings (SSSR count). The van der Waals surface area contributed by atoms with Crippen molar-refractivity contribution in [3.63, 3.8) is 0 Å². The molecule has 0 heterocycles. The summed E-state index contributed by atoms with van der Waals surface area (Å²) in [5.74, 6) is 0. The molecule has 0 radical (unpaired) electrons. The van der Waals surface area contributed by atoms with Gasteiger partial charge in [-0.2, -0.15) is 4.99 Å². The summed E-state index contributed by atoms with van der Waals surface area (Å²) in [5.41, 5.74) is 0. The number of halogens is 1. The summed E-state index contributed by atoms with van der Waals surface area (Å²) in [5, 5.41) is -0.582. The van der Waals surface area contributed by atoms with Crippen LogP contribution >= 0.6 is 11.6 Å². The van der Waals surface area contributed by atoms with Crippen LogP contribution in [0.25, 0.3) is 0 Å². The molecule has 0 spiro atoms. The van der Waals surface area contributed by atoms with Gasteiger partial charge in [-0.3, -0.25) is 4.79 Å². The fourth-order valence-electron chi connectivity index (χ4n) is 0.690. The van der Waals surface area contributed by atoms with Crippen molar-refractivity contribution in [1.29, 1.82) is 0 Å². The molecular formula is C7H10ClNO2. The molecule has 1 unspecified atom stereocenters. The maximum Gasteiger partial charge on any atom is 0.247 e. The smallest absolute Gasteiger partial charge is 0.247 e. The molecule has 0 aliphatic heterocycles. The average Bonchev–Trinajstić information content (AvgIpc) is 1.97. The van der Waals surface area contributed by atoms with Gasteiger partial charge in [-0.15, -0.1) is 0 Å². The van der Waals surface area contributed by atoms with Crippen LogP contribution in [-0.4, -0.2) is 17.4 Å². The third-order valence-electron chi connectivity index (χ3n) is 1.30. The molecule has 11 heavy (non-hydrogen) atoms. The summed E-state index contributed by atoms with van der Waals surface area (Å²) in [4.78, 5) is 23.6. The van der Waals surface area contributed by atoms with Crippen molar-refractivity contribution in [3.05, 3.63) is 0 Å². The van der Waals surface area contributed by atoms with Crippen LogP contribution in [0.4, 0.5) is 0 Å². The molecular weight excluding hydrogens is 166 g/mol. The summed E-state index contributed by atoms with van der Waals surface area (Å²) in [6, 6.07) is -0.686. The monoisotopic (exact) mass is 175 g/mol. The van der Waals surface area contributed by atoms with Gasteiger partial charge in [-0.1, -0.05) is 19.8 Å². The van der Waals surface area contributed by atoms with Crippen molar-refractivity contribution in [3.8, 4) is 0 Å². The van der Waals surface area contributed by atoms with Crippen LogP contribution in [-0.2, 0) is 9.59 Å². The van der Waals surface area contributed by atoms with Gasteiger partial charge in [0.15, 0.2) is 0 Å². The predicted octanol–water partition coefficient (Wildman–Crippen LogP) is 1.65. The van der Waals surface area contributed by atoms with Crippen LogP contribution in [0.5, 0.6) is 0 Å². The van der Waals surface area contributed by atoms with Crippen LogP contribution in [0.15, 0.2) is 4.99 Å². The second kappa shape index (κ2) is 6.08. The Morgan fingerprint density at radius 3 is 2.73 bits per heavy atom. The van der Waals surface area contributed by atoms with Crippen LogP contribution in [0.3, 0.4) is 0 Å². The largest absolute Gasteiger partial charge is 0.279 e. The van der Waals surface area contributed by atoms with E-state index in [4.69, 9.17) is 11.6 Å². The summed E-state index contributed by atoms with van der Waals surface area (Å²) in [6.45, 7) is 1.99. The summed E-state index contributed by atoms with van der Waals surface area (Å²) in [7, 11) is 0. The maximum absolute atomic E-state index is 10.5. The summed E-state index contributed by atoms with van der Waals surface area (Å²) < 4.78 is 0. The van der Waals surface area contributed by atoms with E-state index in [9.17, 15) is 9.59 Å². The Hall–Kier alpha value is -0.660. The van der Waals surface area contributed by atoms with Gasteiger partial charge in [-0.25, -0.2) is 4.79 Å². The average molecular weight is 176 g/mol. The lowest BCUT2D eigenvalue weighted by Crippen LogP contribution is -2.12. The fraction of sp³-hybridized carbons (Fsp3) is 0.714. The second-order valence-electron chi connectivity index (χ2n) is 2.18.